The number of fused-ring (bicyclic) bond motifs is 1. The molecule has 1 atom stereocenters. The molecule has 3 heteroatoms. The molecule has 66 valence electrons. The number of hydrogen-bond donors (Lipinski definition) is 1. The van der Waals surface area contributed by atoms with Gasteiger partial charge in [-0.15, -0.1) is 0 Å². The zero-order chi connectivity index (χ0) is 8.55. The molecular weight excluding hydrogens is 150 g/mol. The smallest absolute Gasteiger partial charge is 0.0625 e. The van der Waals surface area contributed by atoms with Crippen molar-refractivity contribution in [2.24, 2.45) is 5.73 Å². The molecule has 0 aromatic carbocycles. The third-order valence-corrected chi connectivity index (χ3v) is 2.49. The van der Waals surface area contributed by atoms with Crippen LogP contribution in [0.1, 0.15) is 37.2 Å². The van der Waals surface area contributed by atoms with E-state index < -0.39 is 0 Å². The summed E-state index contributed by atoms with van der Waals surface area (Å²) >= 11 is 0. The monoisotopic (exact) mass is 165 g/mol. The van der Waals surface area contributed by atoms with Crippen LogP contribution in [-0.4, -0.2) is 9.78 Å². The van der Waals surface area contributed by atoms with E-state index >= 15 is 0 Å². The second-order valence-electron chi connectivity index (χ2n) is 3.39. The molecule has 2 rings (SSSR count). The van der Waals surface area contributed by atoms with Crippen molar-refractivity contribution in [3.8, 4) is 0 Å². The molecule has 0 bridgehead atoms. The van der Waals surface area contributed by atoms with Crippen LogP contribution in [0.3, 0.4) is 0 Å². The second kappa shape index (κ2) is 2.90. The molecule has 1 aromatic heterocycles. The normalized spacial score (nSPS) is 22.3. The van der Waals surface area contributed by atoms with Crippen molar-refractivity contribution in [1.82, 2.24) is 9.78 Å². The Kier molecular flexibility index (Phi) is 1.89. The summed E-state index contributed by atoms with van der Waals surface area (Å²) in [6.07, 6.45) is 3.28. The quantitative estimate of drug-likeness (QED) is 0.680. The van der Waals surface area contributed by atoms with Gasteiger partial charge < -0.3 is 5.73 Å². The van der Waals surface area contributed by atoms with Crippen molar-refractivity contribution in [2.75, 3.05) is 0 Å². The minimum atomic E-state index is 0.214. The molecular formula is C9H15N3. The number of aryl methyl sites for hydroxylation is 2. The van der Waals surface area contributed by atoms with Crippen LogP contribution in [0.5, 0.6) is 0 Å². The van der Waals surface area contributed by atoms with Crippen LogP contribution < -0.4 is 5.73 Å². The summed E-state index contributed by atoms with van der Waals surface area (Å²) in [5.74, 6) is 0. The van der Waals surface area contributed by atoms with Gasteiger partial charge in [0, 0.05) is 12.6 Å². The molecule has 3 nitrogen and oxygen atoms in total. The first-order valence-electron chi connectivity index (χ1n) is 4.63. The summed E-state index contributed by atoms with van der Waals surface area (Å²) in [5.41, 5.74) is 8.34. The molecule has 0 radical (unpaired) electrons. The predicted molar refractivity (Wildman–Crippen MR) is 47.8 cm³/mol. The first kappa shape index (κ1) is 7.80. The minimum absolute atomic E-state index is 0.214. The van der Waals surface area contributed by atoms with Crippen molar-refractivity contribution in [3.63, 3.8) is 0 Å². The molecule has 0 fully saturated rings. The summed E-state index contributed by atoms with van der Waals surface area (Å²) in [6, 6.07) is 2.36. The van der Waals surface area contributed by atoms with Gasteiger partial charge in [-0.1, -0.05) is 6.92 Å². The molecule has 2 heterocycles. The first-order chi connectivity index (χ1) is 5.81. The van der Waals surface area contributed by atoms with Crippen molar-refractivity contribution < 1.29 is 0 Å². The zero-order valence-corrected chi connectivity index (χ0v) is 7.45. The van der Waals surface area contributed by atoms with E-state index in [4.69, 9.17) is 5.73 Å². The van der Waals surface area contributed by atoms with E-state index in [1.165, 1.54) is 17.8 Å². The maximum atomic E-state index is 5.95. The molecule has 0 unspecified atom stereocenters. The Bertz CT molecular complexity index is 277. The fourth-order valence-corrected chi connectivity index (χ4v) is 1.75. The van der Waals surface area contributed by atoms with E-state index in [0.29, 0.717) is 0 Å². The lowest BCUT2D eigenvalue weighted by molar-refractivity contribution is 0.429. The summed E-state index contributed by atoms with van der Waals surface area (Å²) in [6.45, 7) is 3.17. The Balaban J connectivity index is 2.37. The minimum Gasteiger partial charge on any atom is -0.323 e. The number of nitrogens with two attached hydrogens (primary N) is 1. The van der Waals surface area contributed by atoms with Crippen molar-refractivity contribution in [1.29, 1.82) is 0 Å². The third-order valence-electron chi connectivity index (χ3n) is 2.49. The van der Waals surface area contributed by atoms with Crippen LogP contribution in [0.25, 0.3) is 0 Å². The summed E-state index contributed by atoms with van der Waals surface area (Å²) in [4.78, 5) is 0. The predicted octanol–water partition coefficient (Wildman–Crippen LogP) is 1.24. The summed E-state index contributed by atoms with van der Waals surface area (Å²) in [5, 5.41) is 4.46. The second-order valence-corrected chi connectivity index (χ2v) is 3.39. The molecule has 0 aliphatic carbocycles. The van der Waals surface area contributed by atoms with Crippen molar-refractivity contribution >= 4 is 0 Å². The third kappa shape index (κ3) is 1.14. The van der Waals surface area contributed by atoms with Gasteiger partial charge in [-0.2, -0.15) is 5.10 Å². The Hall–Kier alpha value is -0.830. The Labute approximate surface area is 72.6 Å². The van der Waals surface area contributed by atoms with E-state index in [1.807, 2.05) is 0 Å². The summed E-state index contributed by atoms with van der Waals surface area (Å²) in [7, 11) is 0. The lowest BCUT2D eigenvalue weighted by Gasteiger charge is -2.19. The Morgan fingerprint density at radius 1 is 1.75 bits per heavy atom. The van der Waals surface area contributed by atoms with Crippen molar-refractivity contribution in [2.45, 2.75) is 38.8 Å². The van der Waals surface area contributed by atoms with Gasteiger partial charge in [0.05, 0.1) is 11.4 Å². The molecule has 2 N–H and O–H groups in total. The summed E-state index contributed by atoms with van der Waals surface area (Å²) < 4.78 is 2.06. The highest BCUT2D eigenvalue weighted by molar-refractivity contribution is 5.15. The standard InChI is InChI=1S/C9H15N3/c1-2-7-6-9-8(10)4-3-5-12(9)11-7/h6,8H,2-5,10H2,1H3/t8-/m0/s1. The van der Waals surface area contributed by atoms with E-state index in [2.05, 4.69) is 22.8 Å². The van der Waals surface area contributed by atoms with Crippen molar-refractivity contribution in [3.05, 3.63) is 17.5 Å². The fourth-order valence-electron chi connectivity index (χ4n) is 1.75. The lowest BCUT2D eigenvalue weighted by atomic mass is 10.1. The fraction of sp³-hybridized carbons (Fsp3) is 0.667. The molecule has 0 saturated heterocycles. The molecule has 0 amide bonds. The molecule has 12 heavy (non-hydrogen) atoms. The highest BCUT2D eigenvalue weighted by Gasteiger charge is 2.18. The van der Waals surface area contributed by atoms with E-state index in [9.17, 15) is 0 Å². The van der Waals surface area contributed by atoms with Gasteiger partial charge in [-0.3, -0.25) is 4.68 Å². The lowest BCUT2D eigenvalue weighted by Crippen LogP contribution is -2.21. The first-order valence-corrected chi connectivity index (χ1v) is 4.63. The van der Waals surface area contributed by atoms with Gasteiger partial charge in [0.15, 0.2) is 0 Å². The average Bonchev–Trinajstić information content (AvgIpc) is 2.49. The van der Waals surface area contributed by atoms with Crippen LogP contribution in [0.4, 0.5) is 0 Å². The molecule has 0 spiro atoms. The van der Waals surface area contributed by atoms with Crippen LogP contribution in [0.15, 0.2) is 6.07 Å². The Morgan fingerprint density at radius 3 is 3.25 bits per heavy atom. The maximum absolute atomic E-state index is 5.95. The van der Waals surface area contributed by atoms with Gasteiger partial charge in [0.1, 0.15) is 0 Å². The van der Waals surface area contributed by atoms with Gasteiger partial charge in [-0.05, 0) is 25.3 Å². The zero-order valence-electron chi connectivity index (χ0n) is 7.45. The highest BCUT2D eigenvalue weighted by Crippen LogP contribution is 2.22. The van der Waals surface area contributed by atoms with E-state index in [1.54, 1.807) is 0 Å². The number of nitrogens with zero attached hydrogens (tertiary/aromatic N) is 2. The van der Waals surface area contributed by atoms with Crippen LogP contribution in [0.2, 0.25) is 0 Å². The maximum Gasteiger partial charge on any atom is 0.0625 e. The van der Waals surface area contributed by atoms with Crippen LogP contribution >= 0.6 is 0 Å². The molecule has 1 aromatic rings. The topological polar surface area (TPSA) is 43.8 Å². The SMILES string of the molecule is CCc1cc2n(n1)CCC[C@@H]2N. The van der Waals surface area contributed by atoms with Gasteiger partial charge in [-0.25, -0.2) is 0 Å². The molecule has 1 aliphatic heterocycles. The van der Waals surface area contributed by atoms with E-state index in [-0.39, 0.29) is 6.04 Å². The Morgan fingerprint density at radius 2 is 2.58 bits per heavy atom. The van der Waals surface area contributed by atoms with Gasteiger partial charge in [0.25, 0.3) is 0 Å². The number of rotatable bonds is 1. The average molecular weight is 165 g/mol. The van der Waals surface area contributed by atoms with Crippen LogP contribution in [0, 0.1) is 0 Å². The molecule has 0 saturated carbocycles. The highest BCUT2D eigenvalue weighted by atomic mass is 15.3. The number of aromatic nitrogens is 2. The van der Waals surface area contributed by atoms with Gasteiger partial charge >= 0.3 is 0 Å². The van der Waals surface area contributed by atoms with Crippen LogP contribution in [-0.2, 0) is 13.0 Å². The largest absolute Gasteiger partial charge is 0.323 e. The van der Waals surface area contributed by atoms with Gasteiger partial charge in [0.2, 0.25) is 0 Å². The van der Waals surface area contributed by atoms with E-state index in [0.717, 1.165) is 19.4 Å². The number of hydrogen-bond acceptors (Lipinski definition) is 2. The molecule has 1 aliphatic rings.